The van der Waals surface area contributed by atoms with Crippen molar-refractivity contribution < 1.29 is 23.9 Å². The van der Waals surface area contributed by atoms with Crippen LogP contribution in [0, 0.1) is 0 Å². The highest BCUT2D eigenvalue weighted by Gasteiger charge is 2.27. The van der Waals surface area contributed by atoms with E-state index in [9.17, 15) is 14.4 Å². The molecule has 0 radical (unpaired) electrons. The van der Waals surface area contributed by atoms with Crippen molar-refractivity contribution in [2.45, 2.75) is 58.0 Å². The molecule has 6 heteroatoms. The van der Waals surface area contributed by atoms with Gasteiger partial charge in [-0.25, -0.2) is 0 Å². The Hall–Kier alpha value is -2.37. The van der Waals surface area contributed by atoms with Crippen LogP contribution in [0.15, 0.2) is 24.3 Å². The van der Waals surface area contributed by atoms with Crippen LogP contribution >= 0.6 is 0 Å². The zero-order valence-corrected chi connectivity index (χ0v) is 15.0. The monoisotopic (exact) mass is 347 g/mol. The molecule has 25 heavy (non-hydrogen) atoms. The highest BCUT2D eigenvalue weighted by atomic mass is 16.6. The number of carbonyl (C=O) groups is 3. The van der Waals surface area contributed by atoms with Crippen LogP contribution in [0.2, 0.25) is 0 Å². The van der Waals surface area contributed by atoms with Gasteiger partial charge in [0.1, 0.15) is 11.4 Å². The van der Waals surface area contributed by atoms with Gasteiger partial charge in [0.05, 0.1) is 12.5 Å². The summed E-state index contributed by atoms with van der Waals surface area (Å²) in [5.41, 5.74) is 0.398. The highest BCUT2D eigenvalue weighted by Crippen LogP contribution is 2.26. The number of benzene rings is 1. The lowest BCUT2D eigenvalue weighted by molar-refractivity contribution is -0.155. The van der Waals surface area contributed by atoms with Crippen LogP contribution in [0.5, 0.6) is 5.75 Å². The Bertz CT molecular complexity index is 630. The van der Waals surface area contributed by atoms with Crippen molar-refractivity contribution in [1.82, 2.24) is 5.32 Å². The molecule has 1 aromatic rings. The molecule has 1 aromatic carbocycles. The van der Waals surface area contributed by atoms with E-state index in [2.05, 4.69) is 5.32 Å². The molecule has 136 valence electrons. The Morgan fingerprint density at radius 3 is 2.48 bits per heavy atom. The average Bonchev–Trinajstić information content (AvgIpc) is 2.51. The van der Waals surface area contributed by atoms with Crippen LogP contribution < -0.4 is 10.1 Å². The number of ether oxygens (including phenoxy) is 2. The van der Waals surface area contributed by atoms with Gasteiger partial charge in [0.2, 0.25) is 11.8 Å². The second kappa shape index (κ2) is 8.14. The maximum Gasteiger partial charge on any atom is 0.306 e. The summed E-state index contributed by atoms with van der Waals surface area (Å²) in [6, 6.07) is 7.27. The fourth-order valence-corrected chi connectivity index (χ4v) is 2.61. The first kappa shape index (κ1) is 19.0. The number of esters is 1. The lowest BCUT2D eigenvalue weighted by Crippen LogP contribution is -2.39. The van der Waals surface area contributed by atoms with Crippen LogP contribution in [-0.4, -0.2) is 30.0 Å². The molecule has 0 aromatic heterocycles. The fraction of sp³-hybridized carbons (Fsp3) is 0.526. The molecular weight excluding hydrogens is 322 g/mol. The first-order valence-corrected chi connectivity index (χ1v) is 8.53. The molecule has 1 saturated heterocycles. The van der Waals surface area contributed by atoms with E-state index in [1.54, 1.807) is 12.1 Å². The van der Waals surface area contributed by atoms with E-state index in [4.69, 9.17) is 9.47 Å². The smallest absolute Gasteiger partial charge is 0.306 e. The normalized spacial score (nSPS) is 17.8. The van der Waals surface area contributed by atoms with E-state index in [0.717, 1.165) is 5.56 Å². The van der Waals surface area contributed by atoms with Crippen molar-refractivity contribution in [2.75, 3.05) is 6.61 Å². The highest BCUT2D eigenvalue weighted by molar-refractivity contribution is 6.00. The standard InChI is InChI=1S/C19H25NO5/c1-19(2,3)25-17(22)5-4-12-24-14-8-6-13(7-9-14)15-10-11-16(21)20-18(15)23/h6-9,15H,4-5,10-12H2,1-3H3,(H,20,21,23). The van der Waals surface area contributed by atoms with Gasteiger partial charge in [-0.2, -0.15) is 0 Å². The molecule has 2 rings (SSSR count). The first-order chi connectivity index (χ1) is 11.7. The van der Waals surface area contributed by atoms with Crippen molar-refractivity contribution >= 4 is 17.8 Å². The molecule has 0 saturated carbocycles. The molecule has 1 fully saturated rings. The van der Waals surface area contributed by atoms with E-state index in [0.29, 0.717) is 38.0 Å². The third-order valence-corrected chi connectivity index (χ3v) is 3.74. The molecule has 1 aliphatic rings. The van der Waals surface area contributed by atoms with Gasteiger partial charge in [0, 0.05) is 12.8 Å². The third kappa shape index (κ3) is 6.21. The summed E-state index contributed by atoms with van der Waals surface area (Å²) >= 11 is 0. The second-order valence-corrected chi connectivity index (χ2v) is 7.11. The Morgan fingerprint density at radius 1 is 1.20 bits per heavy atom. The number of amides is 2. The van der Waals surface area contributed by atoms with E-state index >= 15 is 0 Å². The van der Waals surface area contributed by atoms with Crippen LogP contribution in [-0.2, 0) is 19.1 Å². The van der Waals surface area contributed by atoms with Crippen molar-refractivity contribution in [3.8, 4) is 5.75 Å². The minimum absolute atomic E-state index is 0.216. The Kier molecular flexibility index (Phi) is 6.17. The molecule has 1 atom stereocenters. The Morgan fingerprint density at radius 2 is 1.88 bits per heavy atom. The summed E-state index contributed by atoms with van der Waals surface area (Å²) < 4.78 is 10.8. The van der Waals surface area contributed by atoms with Gasteiger partial charge in [-0.05, 0) is 51.3 Å². The average molecular weight is 347 g/mol. The lowest BCUT2D eigenvalue weighted by atomic mass is 9.90. The third-order valence-electron chi connectivity index (χ3n) is 3.74. The molecule has 0 aliphatic carbocycles. The SMILES string of the molecule is CC(C)(C)OC(=O)CCCOc1ccc(C2CCC(=O)NC2=O)cc1. The number of nitrogens with one attached hydrogen (secondary N) is 1. The van der Waals surface area contributed by atoms with Gasteiger partial charge < -0.3 is 9.47 Å². The maximum atomic E-state index is 11.9. The summed E-state index contributed by atoms with van der Waals surface area (Å²) in [4.78, 5) is 34.7. The van der Waals surface area contributed by atoms with Gasteiger partial charge in [-0.15, -0.1) is 0 Å². The van der Waals surface area contributed by atoms with Gasteiger partial charge in [-0.1, -0.05) is 12.1 Å². The predicted molar refractivity (Wildman–Crippen MR) is 92.1 cm³/mol. The summed E-state index contributed by atoms with van der Waals surface area (Å²) in [5.74, 6) is -0.308. The lowest BCUT2D eigenvalue weighted by Gasteiger charge is -2.21. The summed E-state index contributed by atoms with van der Waals surface area (Å²) in [6.45, 7) is 5.93. The minimum atomic E-state index is -0.468. The number of hydrogen-bond donors (Lipinski definition) is 1. The van der Waals surface area contributed by atoms with Gasteiger partial charge >= 0.3 is 5.97 Å². The minimum Gasteiger partial charge on any atom is -0.494 e. The number of imide groups is 1. The number of hydrogen-bond acceptors (Lipinski definition) is 5. The molecule has 1 heterocycles. The molecule has 0 bridgehead atoms. The van der Waals surface area contributed by atoms with E-state index < -0.39 is 5.60 Å². The molecule has 2 amide bonds. The first-order valence-electron chi connectivity index (χ1n) is 8.53. The van der Waals surface area contributed by atoms with Crippen molar-refractivity contribution in [1.29, 1.82) is 0 Å². The predicted octanol–water partition coefficient (Wildman–Crippen LogP) is 2.71. The summed E-state index contributed by atoms with van der Waals surface area (Å²) in [7, 11) is 0. The fourth-order valence-electron chi connectivity index (χ4n) is 2.61. The number of carbonyl (C=O) groups excluding carboxylic acids is 3. The van der Waals surface area contributed by atoms with Crippen LogP contribution in [0.25, 0.3) is 0 Å². The summed E-state index contributed by atoms with van der Waals surface area (Å²) in [6.07, 6.45) is 1.77. The van der Waals surface area contributed by atoms with Gasteiger partial charge in [0.25, 0.3) is 0 Å². The van der Waals surface area contributed by atoms with E-state index in [1.165, 1.54) is 0 Å². The zero-order valence-electron chi connectivity index (χ0n) is 15.0. The Balaban J connectivity index is 1.76. The zero-order chi connectivity index (χ0) is 18.4. The molecular formula is C19H25NO5. The van der Waals surface area contributed by atoms with Crippen molar-refractivity contribution in [3.63, 3.8) is 0 Å². The molecule has 6 nitrogen and oxygen atoms in total. The molecule has 1 unspecified atom stereocenters. The number of rotatable bonds is 6. The van der Waals surface area contributed by atoms with E-state index in [-0.39, 0.29) is 23.7 Å². The molecule has 0 spiro atoms. The largest absolute Gasteiger partial charge is 0.494 e. The quantitative estimate of drug-likeness (QED) is 0.486. The topological polar surface area (TPSA) is 81.7 Å². The second-order valence-electron chi connectivity index (χ2n) is 7.11. The van der Waals surface area contributed by atoms with E-state index in [1.807, 2.05) is 32.9 Å². The van der Waals surface area contributed by atoms with Gasteiger partial charge in [-0.3, -0.25) is 19.7 Å². The van der Waals surface area contributed by atoms with Crippen LogP contribution in [0.3, 0.4) is 0 Å². The summed E-state index contributed by atoms with van der Waals surface area (Å²) in [5, 5.41) is 2.36. The van der Waals surface area contributed by atoms with Crippen LogP contribution in [0.4, 0.5) is 0 Å². The van der Waals surface area contributed by atoms with Gasteiger partial charge in [0.15, 0.2) is 0 Å². The Labute approximate surface area is 147 Å². The maximum absolute atomic E-state index is 11.9. The van der Waals surface area contributed by atoms with Crippen LogP contribution in [0.1, 0.15) is 57.9 Å². The molecule has 1 aliphatic heterocycles. The van der Waals surface area contributed by atoms with Crippen molar-refractivity contribution in [3.05, 3.63) is 29.8 Å². The van der Waals surface area contributed by atoms with Crippen molar-refractivity contribution in [2.24, 2.45) is 0 Å². The molecule has 1 N–H and O–H groups in total. The number of piperidine rings is 1.